The van der Waals surface area contributed by atoms with Crippen molar-refractivity contribution < 1.29 is 0 Å². The van der Waals surface area contributed by atoms with Crippen molar-refractivity contribution in [3.05, 3.63) is 17.3 Å². The molecule has 0 radical (unpaired) electrons. The second kappa shape index (κ2) is 7.44. The van der Waals surface area contributed by atoms with Crippen LogP contribution in [0.3, 0.4) is 0 Å². The van der Waals surface area contributed by atoms with E-state index < -0.39 is 0 Å². The van der Waals surface area contributed by atoms with Crippen LogP contribution in [0, 0.1) is 0 Å². The van der Waals surface area contributed by atoms with Crippen LogP contribution in [0.4, 0.5) is 5.82 Å². The van der Waals surface area contributed by atoms with Crippen LogP contribution in [0.2, 0.25) is 5.15 Å². The Kier molecular flexibility index (Phi) is 6.16. The first kappa shape index (κ1) is 13.2. The van der Waals surface area contributed by atoms with Gasteiger partial charge in [0.15, 0.2) is 5.15 Å². The van der Waals surface area contributed by atoms with Crippen LogP contribution in [-0.2, 0) is 0 Å². The molecule has 16 heavy (non-hydrogen) atoms. The molecule has 0 saturated heterocycles. The smallest absolute Gasteiger partial charge is 0.151 e. The van der Waals surface area contributed by atoms with Crippen molar-refractivity contribution in [2.24, 2.45) is 0 Å². The van der Waals surface area contributed by atoms with Gasteiger partial charge in [0, 0.05) is 6.04 Å². The first-order valence-corrected chi connectivity index (χ1v) is 6.39. The Morgan fingerprint density at radius 1 is 1.19 bits per heavy atom. The number of hydrogen-bond acceptors (Lipinski definition) is 3. The number of nitrogens with zero attached hydrogens (tertiary/aromatic N) is 2. The first-order chi connectivity index (χ1) is 7.76. The number of aromatic nitrogens is 2. The molecule has 1 N–H and O–H groups in total. The summed E-state index contributed by atoms with van der Waals surface area (Å²) in [5, 5.41) is 11.7. The van der Waals surface area contributed by atoms with E-state index in [4.69, 9.17) is 11.6 Å². The van der Waals surface area contributed by atoms with E-state index in [0.717, 1.165) is 5.82 Å². The Morgan fingerprint density at radius 3 is 2.56 bits per heavy atom. The maximum Gasteiger partial charge on any atom is 0.151 e. The van der Waals surface area contributed by atoms with Crippen molar-refractivity contribution in [2.75, 3.05) is 5.32 Å². The van der Waals surface area contributed by atoms with E-state index in [9.17, 15) is 0 Å². The Hall–Kier alpha value is -0.830. The molecule has 0 bridgehead atoms. The summed E-state index contributed by atoms with van der Waals surface area (Å²) in [5.41, 5.74) is 0. The highest BCUT2D eigenvalue weighted by Gasteiger charge is 2.07. The SMILES string of the molecule is CCCCC(CCC)Nc1ccc(Cl)nn1. The zero-order valence-electron chi connectivity index (χ0n) is 10.0. The molecule has 1 heterocycles. The molecule has 1 aromatic rings. The zero-order valence-corrected chi connectivity index (χ0v) is 10.8. The van der Waals surface area contributed by atoms with Gasteiger partial charge in [-0.25, -0.2) is 0 Å². The lowest BCUT2D eigenvalue weighted by Gasteiger charge is -2.17. The van der Waals surface area contributed by atoms with Crippen LogP contribution in [0.5, 0.6) is 0 Å². The Balaban J connectivity index is 2.49. The van der Waals surface area contributed by atoms with Crippen LogP contribution < -0.4 is 5.32 Å². The molecule has 0 aromatic carbocycles. The van der Waals surface area contributed by atoms with Gasteiger partial charge in [0.25, 0.3) is 0 Å². The molecule has 0 spiro atoms. The van der Waals surface area contributed by atoms with Gasteiger partial charge in [-0.2, -0.15) is 0 Å². The molecular weight excluding hydrogens is 222 g/mol. The molecule has 4 heteroatoms. The summed E-state index contributed by atoms with van der Waals surface area (Å²) < 4.78 is 0. The Labute approximate surface area is 103 Å². The number of rotatable bonds is 7. The molecule has 90 valence electrons. The maximum atomic E-state index is 5.69. The number of anilines is 1. The molecule has 1 atom stereocenters. The van der Waals surface area contributed by atoms with Gasteiger partial charge in [0.1, 0.15) is 5.82 Å². The summed E-state index contributed by atoms with van der Waals surface area (Å²) >= 11 is 5.69. The summed E-state index contributed by atoms with van der Waals surface area (Å²) in [7, 11) is 0. The van der Waals surface area contributed by atoms with Crippen LogP contribution in [0.1, 0.15) is 46.0 Å². The highest BCUT2D eigenvalue weighted by Crippen LogP contribution is 2.13. The molecule has 1 rings (SSSR count). The number of nitrogens with one attached hydrogen (secondary N) is 1. The number of halogens is 1. The molecule has 0 amide bonds. The molecular formula is C12H20ClN3. The quantitative estimate of drug-likeness (QED) is 0.787. The van der Waals surface area contributed by atoms with E-state index in [1.54, 1.807) is 6.07 Å². The first-order valence-electron chi connectivity index (χ1n) is 6.02. The summed E-state index contributed by atoms with van der Waals surface area (Å²) in [6.45, 7) is 4.42. The topological polar surface area (TPSA) is 37.8 Å². The molecule has 1 unspecified atom stereocenters. The van der Waals surface area contributed by atoms with Gasteiger partial charge in [-0.3, -0.25) is 0 Å². The van der Waals surface area contributed by atoms with Crippen molar-refractivity contribution in [1.29, 1.82) is 0 Å². The normalized spacial score (nSPS) is 12.4. The van der Waals surface area contributed by atoms with Crippen LogP contribution >= 0.6 is 11.6 Å². The maximum absolute atomic E-state index is 5.69. The third-order valence-electron chi connectivity index (χ3n) is 2.53. The van der Waals surface area contributed by atoms with Gasteiger partial charge in [-0.05, 0) is 25.0 Å². The third kappa shape index (κ3) is 4.79. The van der Waals surface area contributed by atoms with Crippen LogP contribution in [0.15, 0.2) is 12.1 Å². The summed E-state index contributed by atoms with van der Waals surface area (Å²) in [6, 6.07) is 4.14. The second-order valence-corrected chi connectivity index (χ2v) is 4.40. The number of hydrogen-bond donors (Lipinski definition) is 1. The van der Waals surface area contributed by atoms with Crippen LogP contribution in [0.25, 0.3) is 0 Å². The van der Waals surface area contributed by atoms with Crippen molar-refractivity contribution in [3.63, 3.8) is 0 Å². The molecule has 0 saturated carbocycles. The van der Waals surface area contributed by atoms with E-state index in [1.165, 1.54) is 32.1 Å². The molecule has 0 fully saturated rings. The third-order valence-corrected chi connectivity index (χ3v) is 2.73. The highest BCUT2D eigenvalue weighted by molar-refractivity contribution is 6.29. The fraction of sp³-hybridized carbons (Fsp3) is 0.667. The average molecular weight is 242 g/mol. The van der Waals surface area contributed by atoms with Gasteiger partial charge in [-0.15, -0.1) is 10.2 Å². The lowest BCUT2D eigenvalue weighted by Crippen LogP contribution is -2.20. The van der Waals surface area contributed by atoms with Gasteiger partial charge in [0.05, 0.1) is 0 Å². The van der Waals surface area contributed by atoms with E-state index in [0.29, 0.717) is 11.2 Å². The van der Waals surface area contributed by atoms with Crippen molar-refractivity contribution in [2.45, 2.75) is 52.0 Å². The monoisotopic (exact) mass is 241 g/mol. The van der Waals surface area contributed by atoms with Gasteiger partial charge in [0.2, 0.25) is 0 Å². The van der Waals surface area contributed by atoms with Gasteiger partial charge in [-0.1, -0.05) is 44.7 Å². The van der Waals surface area contributed by atoms with Gasteiger partial charge < -0.3 is 5.32 Å². The molecule has 0 aliphatic heterocycles. The Bertz CT molecular complexity index is 287. The van der Waals surface area contributed by atoms with E-state index in [2.05, 4.69) is 29.4 Å². The lowest BCUT2D eigenvalue weighted by atomic mass is 10.1. The number of unbranched alkanes of at least 4 members (excludes halogenated alkanes) is 1. The molecule has 0 aliphatic carbocycles. The average Bonchev–Trinajstić information content (AvgIpc) is 2.29. The highest BCUT2D eigenvalue weighted by atomic mass is 35.5. The summed E-state index contributed by atoms with van der Waals surface area (Å²) in [4.78, 5) is 0. The van der Waals surface area contributed by atoms with E-state index in [1.807, 2.05) is 6.07 Å². The second-order valence-electron chi connectivity index (χ2n) is 4.01. The molecule has 0 aliphatic rings. The fourth-order valence-corrected chi connectivity index (χ4v) is 1.79. The minimum atomic E-state index is 0.436. The Morgan fingerprint density at radius 2 is 2.00 bits per heavy atom. The lowest BCUT2D eigenvalue weighted by molar-refractivity contribution is 0.562. The minimum Gasteiger partial charge on any atom is -0.366 e. The van der Waals surface area contributed by atoms with Crippen molar-refractivity contribution >= 4 is 17.4 Å². The predicted octanol–water partition coefficient (Wildman–Crippen LogP) is 3.90. The van der Waals surface area contributed by atoms with Crippen molar-refractivity contribution in [3.8, 4) is 0 Å². The molecule has 3 nitrogen and oxygen atoms in total. The van der Waals surface area contributed by atoms with Crippen molar-refractivity contribution in [1.82, 2.24) is 10.2 Å². The predicted molar refractivity (Wildman–Crippen MR) is 68.9 cm³/mol. The molecule has 1 aromatic heterocycles. The largest absolute Gasteiger partial charge is 0.366 e. The van der Waals surface area contributed by atoms with Gasteiger partial charge >= 0.3 is 0 Å². The summed E-state index contributed by atoms with van der Waals surface area (Å²) in [5.74, 6) is 0.818. The van der Waals surface area contributed by atoms with Crippen LogP contribution in [-0.4, -0.2) is 16.2 Å². The minimum absolute atomic E-state index is 0.436. The zero-order chi connectivity index (χ0) is 11.8. The fourth-order valence-electron chi connectivity index (χ4n) is 1.69. The standard InChI is InChI=1S/C12H20ClN3/c1-3-5-7-10(6-4-2)14-12-9-8-11(13)15-16-12/h8-10H,3-7H2,1-2H3,(H,14,16). The summed E-state index contributed by atoms with van der Waals surface area (Å²) in [6.07, 6.45) is 6.02. The van der Waals surface area contributed by atoms with E-state index in [-0.39, 0.29) is 0 Å². The van der Waals surface area contributed by atoms with E-state index >= 15 is 0 Å².